The van der Waals surface area contributed by atoms with E-state index in [4.69, 9.17) is 4.42 Å². The summed E-state index contributed by atoms with van der Waals surface area (Å²) in [6.07, 6.45) is 3.04. The van der Waals surface area contributed by atoms with Gasteiger partial charge in [-0.3, -0.25) is 9.59 Å². The highest BCUT2D eigenvalue weighted by atomic mass is 32.1. The van der Waals surface area contributed by atoms with Crippen LogP contribution in [0.5, 0.6) is 0 Å². The first-order valence-corrected chi connectivity index (χ1v) is 6.78. The van der Waals surface area contributed by atoms with Crippen LogP contribution in [0.25, 0.3) is 0 Å². The maximum absolute atomic E-state index is 11.9. The van der Waals surface area contributed by atoms with Crippen LogP contribution in [0.4, 0.5) is 5.00 Å². The third kappa shape index (κ3) is 3.16. The number of carbonyl (C=O) groups is 2. The van der Waals surface area contributed by atoms with Crippen LogP contribution < -0.4 is 10.6 Å². The first-order chi connectivity index (χ1) is 9.61. The normalized spacial score (nSPS) is 10.1. The minimum absolute atomic E-state index is 0.175. The second-order valence-corrected chi connectivity index (χ2v) is 5.11. The lowest BCUT2D eigenvalue weighted by atomic mass is 10.3. The Balaban J connectivity index is 2.09. The minimum atomic E-state index is -0.339. The molecule has 0 bridgehead atoms. The highest BCUT2D eigenvalue weighted by molar-refractivity contribution is 7.18. The molecule has 0 unspecified atom stereocenters. The third-order valence-electron chi connectivity index (χ3n) is 2.51. The molecule has 6 heteroatoms. The van der Waals surface area contributed by atoms with Gasteiger partial charge in [0, 0.05) is 6.54 Å². The largest absolute Gasteiger partial charge is 0.459 e. The standard InChI is InChI=1S/C14H14N2O3S/c1-3-6-15-14(18)12-9(2)8-11(20-12)16-13(17)10-5-4-7-19-10/h3-5,7-8H,1,6H2,2H3,(H,15,18)(H,16,17). The minimum Gasteiger partial charge on any atom is -0.459 e. The molecule has 0 radical (unpaired) electrons. The van der Waals surface area contributed by atoms with E-state index in [-0.39, 0.29) is 17.6 Å². The number of aryl methyl sites for hydroxylation is 1. The summed E-state index contributed by atoms with van der Waals surface area (Å²) >= 11 is 1.22. The second-order valence-electron chi connectivity index (χ2n) is 4.05. The molecule has 0 fully saturated rings. The zero-order valence-corrected chi connectivity index (χ0v) is 11.8. The summed E-state index contributed by atoms with van der Waals surface area (Å²) in [4.78, 5) is 24.3. The molecule has 2 heterocycles. The van der Waals surface area contributed by atoms with Gasteiger partial charge in [-0.05, 0) is 30.7 Å². The Morgan fingerprint density at radius 3 is 2.90 bits per heavy atom. The van der Waals surface area contributed by atoms with E-state index in [9.17, 15) is 9.59 Å². The molecule has 0 aliphatic rings. The van der Waals surface area contributed by atoms with E-state index < -0.39 is 0 Å². The molecule has 0 spiro atoms. The van der Waals surface area contributed by atoms with Crippen molar-refractivity contribution >= 4 is 28.2 Å². The smallest absolute Gasteiger partial charge is 0.291 e. The summed E-state index contributed by atoms with van der Waals surface area (Å²) in [6, 6.07) is 4.98. The number of thiophene rings is 1. The average molecular weight is 290 g/mol. The molecule has 0 aliphatic carbocycles. The molecule has 5 nitrogen and oxygen atoms in total. The van der Waals surface area contributed by atoms with Gasteiger partial charge >= 0.3 is 0 Å². The van der Waals surface area contributed by atoms with Crippen molar-refractivity contribution < 1.29 is 14.0 Å². The van der Waals surface area contributed by atoms with Crippen molar-refractivity contribution in [2.75, 3.05) is 11.9 Å². The molecule has 0 saturated carbocycles. The summed E-state index contributed by atoms with van der Waals surface area (Å²) in [7, 11) is 0. The van der Waals surface area contributed by atoms with Crippen LogP contribution in [0, 0.1) is 6.92 Å². The zero-order chi connectivity index (χ0) is 14.5. The van der Waals surface area contributed by atoms with Gasteiger partial charge < -0.3 is 15.1 Å². The van der Waals surface area contributed by atoms with E-state index in [1.54, 1.807) is 24.3 Å². The molecular weight excluding hydrogens is 276 g/mol. The van der Waals surface area contributed by atoms with Crippen molar-refractivity contribution in [3.05, 3.63) is 53.3 Å². The predicted molar refractivity (Wildman–Crippen MR) is 78.2 cm³/mol. The highest BCUT2D eigenvalue weighted by Crippen LogP contribution is 2.27. The van der Waals surface area contributed by atoms with Crippen molar-refractivity contribution in [1.82, 2.24) is 5.32 Å². The van der Waals surface area contributed by atoms with Gasteiger partial charge in [0.25, 0.3) is 11.8 Å². The molecule has 2 rings (SSSR count). The molecule has 0 saturated heterocycles. The van der Waals surface area contributed by atoms with Gasteiger partial charge in [-0.25, -0.2) is 0 Å². The van der Waals surface area contributed by atoms with Crippen molar-refractivity contribution in [2.45, 2.75) is 6.92 Å². The Hall–Kier alpha value is -2.34. The number of nitrogens with one attached hydrogen (secondary N) is 2. The molecule has 0 aromatic carbocycles. The van der Waals surface area contributed by atoms with Gasteiger partial charge in [0.05, 0.1) is 16.1 Å². The number of carbonyl (C=O) groups excluding carboxylic acids is 2. The topological polar surface area (TPSA) is 71.3 Å². The van der Waals surface area contributed by atoms with Gasteiger partial charge in [-0.15, -0.1) is 17.9 Å². The van der Waals surface area contributed by atoms with E-state index in [1.165, 1.54) is 17.6 Å². The monoisotopic (exact) mass is 290 g/mol. The van der Waals surface area contributed by atoms with Crippen LogP contribution in [-0.4, -0.2) is 18.4 Å². The first-order valence-electron chi connectivity index (χ1n) is 5.96. The molecule has 2 amide bonds. The Labute approximate surface area is 120 Å². The van der Waals surface area contributed by atoms with E-state index in [1.807, 2.05) is 6.92 Å². The zero-order valence-electron chi connectivity index (χ0n) is 10.9. The SMILES string of the molecule is C=CCNC(=O)c1sc(NC(=O)c2ccco2)cc1C. The fraction of sp³-hybridized carbons (Fsp3) is 0.143. The Morgan fingerprint density at radius 2 is 2.25 bits per heavy atom. The summed E-state index contributed by atoms with van der Waals surface area (Å²) in [6.45, 7) is 5.77. The molecule has 2 aromatic heterocycles. The maximum atomic E-state index is 11.9. The van der Waals surface area contributed by atoms with E-state index in [2.05, 4.69) is 17.2 Å². The summed E-state index contributed by atoms with van der Waals surface area (Å²) in [5, 5.41) is 6.01. The van der Waals surface area contributed by atoms with Gasteiger partial charge in [0.1, 0.15) is 0 Å². The number of furan rings is 1. The maximum Gasteiger partial charge on any atom is 0.291 e. The third-order valence-corrected chi connectivity index (χ3v) is 3.66. The van der Waals surface area contributed by atoms with Crippen LogP contribution in [0.15, 0.2) is 41.5 Å². The van der Waals surface area contributed by atoms with Crippen molar-refractivity contribution in [1.29, 1.82) is 0 Å². The molecule has 20 heavy (non-hydrogen) atoms. The van der Waals surface area contributed by atoms with E-state index >= 15 is 0 Å². The summed E-state index contributed by atoms with van der Waals surface area (Å²) in [5.74, 6) is -0.283. The number of hydrogen-bond donors (Lipinski definition) is 2. The summed E-state index contributed by atoms with van der Waals surface area (Å²) in [5.41, 5.74) is 0.811. The van der Waals surface area contributed by atoms with E-state index in [0.29, 0.717) is 16.4 Å². The second kappa shape index (κ2) is 6.21. The quantitative estimate of drug-likeness (QED) is 0.832. The Bertz CT molecular complexity index is 629. The number of rotatable bonds is 5. The van der Waals surface area contributed by atoms with Gasteiger partial charge in [0.15, 0.2) is 5.76 Å². The Morgan fingerprint density at radius 1 is 1.45 bits per heavy atom. The summed E-state index contributed by atoms with van der Waals surface area (Å²) < 4.78 is 5.01. The number of hydrogen-bond acceptors (Lipinski definition) is 4. The lowest BCUT2D eigenvalue weighted by molar-refractivity contribution is 0.0959. The lowest BCUT2D eigenvalue weighted by Crippen LogP contribution is -2.22. The molecule has 0 atom stereocenters. The van der Waals surface area contributed by atoms with Crippen LogP contribution >= 0.6 is 11.3 Å². The number of amides is 2. The molecular formula is C14H14N2O3S. The van der Waals surface area contributed by atoms with Crippen molar-refractivity contribution in [3.8, 4) is 0 Å². The molecule has 2 aromatic rings. The van der Waals surface area contributed by atoms with Crippen LogP contribution in [0.1, 0.15) is 25.8 Å². The van der Waals surface area contributed by atoms with E-state index in [0.717, 1.165) is 5.56 Å². The van der Waals surface area contributed by atoms with Crippen molar-refractivity contribution in [3.63, 3.8) is 0 Å². The molecule has 104 valence electrons. The fourth-order valence-electron chi connectivity index (χ4n) is 1.60. The highest BCUT2D eigenvalue weighted by Gasteiger charge is 2.15. The van der Waals surface area contributed by atoms with Gasteiger partial charge in [0.2, 0.25) is 0 Å². The molecule has 0 aliphatic heterocycles. The fourth-order valence-corrected chi connectivity index (χ4v) is 2.58. The predicted octanol–water partition coefficient (Wildman–Crippen LogP) is 2.82. The van der Waals surface area contributed by atoms with Crippen LogP contribution in [0.2, 0.25) is 0 Å². The first kappa shape index (κ1) is 14.1. The Kier molecular flexibility index (Phi) is 4.37. The lowest BCUT2D eigenvalue weighted by Gasteiger charge is -2.00. The molecule has 2 N–H and O–H groups in total. The average Bonchev–Trinajstić information content (AvgIpc) is 3.05. The number of anilines is 1. The van der Waals surface area contributed by atoms with Gasteiger partial charge in [-0.2, -0.15) is 0 Å². The van der Waals surface area contributed by atoms with Crippen LogP contribution in [0.3, 0.4) is 0 Å². The van der Waals surface area contributed by atoms with Crippen molar-refractivity contribution in [2.24, 2.45) is 0 Å². The van der Waals surface area contributed by atoms with Gasteiger partial charge in [-0.1, -0.05) is 6.08 Å². The van der Waals surface area contributed by atoms with Crippen LogP contribution in [-0.2, 0) is 0 Å².